The molecule has 50 heavy (non-hydrogen) atoms. The van der Waals surface area contributed by atoms with Gasteiger partial charge in [0.25, 0.3) is 0 Å². The molecule has 0 radical (unpaired) electrons. The van der Waals surface area contributed by atoms with E-state index in [2.05, 4.69) is 21.2 Å². The van der Waals surface area contributed by atoms with Crippen LogP contribution < -0.4 is 9.47 Å². The Balaban J connectivity index is 1.23. The molecule has 1 aromatic heterocycles. The Hall–Kier alpha value is -5.90. The van der Waals surface area contributed by atoms with Crippen molar-refractivity contribution in [2.24, 2.45) is 0 Å². The average Bonchev–Trinajstić information content (AvgIpc) is 3.59. The zero-order valence-corrected chi connectivity index (χ0v) is 27.7. The number of benzene rings is 4. The zero-order chi connectivity index (χ0) is 35.2. The van der Waals surface area contributed by atoms with Crippen molar-refractivity contribution in [3.8, 4) is 40.1 Å². The van der Waals surface area contributed by atoms with Gasteiger partial charge in [-0.25, -0.2) is 0 Å². The summed E-state index contributed by atoms with van der Waals surface area (Å²) in [4.78, 5) is 25.4. The first-order chi connectivity index (χ1) is 24.2. The number of nitro benzene ring substituents is 1. The molecular formula is C38H35N5O7. The van der Waals surface area contributed by atoms with Gasteiger partial charge in [0.1, 0.15) is 19.0 Å². The van der Waals surface area contributed by atoms with Crippen LogP contribution in [0.5, 0.6) is 11.5 Å². The molecule has 0 amide bonds. The number of ether oxygens (including phenoxy) is 2. The highest BCUT2D eigenvalue weighted by molar-refractivity contribution is 5.82. The smallest absolute Gasteiger partial charge is 0.311 e. The van der Waals surface area contributed by atoms with Crippen LogP contribution >= 0.6 is 0 Å². The number of piperidine rings is 1. The summed E-state index contributed by atoms with van der Waals surface area (Å²) in [5, 5.41) is 39.8. The first-order valence-electron chi connectivity index (χ1n) is 16.2. The molecule has 1 saturated heterocycles. The molecule has 6 rings (SSSR count). The van der Waals surface area contributed by atoms with Gasteiger partial charge in [-0.15, -0.1) is 10.2 Å². The van der Waals surface area contributed by atoms with E-state index in [0.717, 1.165) is 65.4 Å². The highest BCUT2D eigenvalue weighted by Gasteiger charge is 2.23. The minimum absolute atomic E-state index is 0.00766. The summed E-state index contributed by atoms with van der Waals surface area (Å²) in [5.41, 5.74) is 6.05. The second-order valence-corrected chi connectivity index (χ2v) is 12.2. The lowest BCUT2D eigenvalue weighted by molar-refractivity contribution is -0.386. The maximum Gasteiger partial charge on any atom is 0.311 e. The van der Waals surface area contributed by atoms with Crippen molar-refractivity contribution in [3.63, 3.8) is 0 Å². The predicted octanol–water partition coefficient (Wildman–Crippen LogP) is 6.73. The third-order valence-corrected chi connectivity index (χ3v) is 9.00. The third-order valence-electron chi connectivity index (χ3n) is 9.00. The second-order valence-electron chi connectivity index (χ2n) is 12.2. The number of aldehydes is 1. The van der Waals surface area contributed by atoms with Gasteiger partial charge in [0.2, 0.25) is 17.5 Å². The van der Waals surface area contributed by atoms with Gasteiger partial charge in [0.15, 0.2) is 6.29 Å². The Morgan fingerprint density at radius 2 is 1.60 bits per heavy atom. The fraction of sp³-hybridized carbons (Fsp3) is 0.263. The van der Waals surface area contributed by atoms with Crippen molar-refractivity contribution in [2.45, 2.75) is 52.6 Å². The zero-order valence-electron chi connectivity index (χ0n) is 27.7. The summed E-state index contributed by atoms with van der Waals surface area (Å²) in [5.74, 6) is 0.992. The number of carbonyl (C=O) groups excluding carboxylic acids is 1. The maximum absolute atomic E-state index is 12.0. The highest BCUT2D eigenvalue weighted by atomic mass is 16.6. The van der Waals surface area contributed by atoms with Gasteiger partial charge < -0.3 is 19.0 Å². The average molecular weight is 674 g/mol. The number of hydrogen-bond donors (Lipinski definition) is 1. The predicted molar refractivity (Wildman–Crippen MR) is 183 cm³/mol. The molecule has 0 saturated carbocycles. The molecule has 0 atom stereocenters. The molecule has 1 N–H and O–H groups in total. The van der Waals surface area contributed by atoms with Crippen molar-refractivity contribution in [3.05, 3.63) is 122 Å². The molecule has 12 heteroatoms. The van der Waals surface area contributed by atoms with E-state index in [1.165, 1.54) is 6.07 Å². The number of aliphatic hydroxyl groups is 1. The van der Waals surface area contributed by atoms with Crippen LogP contribution in [0, 0.1) is 35.3 Å². The molecular weight excluding hydrogens is 638 g/mol. The summed E-state index contributed by atoms with van der Waals surface area (Å²) in [6, 6.07) is 23.2. The first-order valence-corrected chi connectivity index (χ1v) is 16.2. The Morgan fingerprint density at radius 3 is 2.34 bits per heavy atom. The van der Waals surface area contributed by atoms with E-state index in [-0.39, 0.29) is 42.1 Å². The summed E-state index contributed by atoms with van der Waals surface area (Å²) < 4.78 is 18.0. The largest absolute Gasteiger partial charge is 0.488 e. The molecule has 0 bridgehead atoms. The van der Waals surface area contributed by atoms with Crippen molar-refractivity contribution >= 4 is 12.0 Å². The summed E-state index contributed by atoms with van der Waals surface area (Å²) in [7, 11) is 0. The fourth-order valence-electron chi connectivity index (χ4n) is 6.09. The standard InChI is InChI=1S/C38H35N5O7/c1-24-27(22-49-36-18-35(29(21-44)17-34(36)43(46)47)48-23-28-8-4-3-7-26(28)19-39)9-5-10-31(24)32-11-6-12-33(25(32)2)38-41-40-37(50-38)20-42-15-13-30(45)14-16-42/h3-12,17-18,21,30,45H,13-16,20,22-23H2,1-2H3. The van der Waals surface area contributed by atoms with Crippen molar-refractivity contribution in [2.75, 3.05) is 13.1 Å². The summed E-state index contributed by atoms with van der Waals surface area (Å²) in [6.45, 7) is 6.03. The third kappa shape index (κ3) is 7.39. The molecule has 5 aromatic rings. The normalized spacial score (nSPS) is 13.5. The molecule has 1 aliphatic rings. The Bertz CT molecular complexity index is 2080. The number of likely N-dealkylation sites (tertiary alicyclic amines) is 1. The van der Waals surface area contributed by atoms with E-state index in [9.17, 15) is 25.3 Å². The van der Waals surface area contributed by atoms with Gasteiger partial charge >= 0.3 is 5.69 Å². The van der Waals surface area contributed by atoms with Gasteiger partial charge in [0.05, 0.1) is 34.8 Å². The SMILES string of the molecule is Cc1c(COc2cc(OCc3ccccc3C#N)c(C=O)cc2[N+](=O)[O-])cccc1-c1cccc(-c2nnc(CN3CCC(O)CC3)o2)c1C. The van der Waals surface area contributed by atoms with Crippen molar-refractivity contribution < 1.29 is 28.7 Å². The van der Waals surface area contributed by atoms with E-state index < -0.39 is 4.92 Å². The molecule has 12 nitrogen and oxygen atoms in total. The van der Waals surface area contributed by atoms with Gasteiger partial charge in [-0.05, 0) is 66.6 Å². The van der Waals surface area contributed by atoms with Crippen molar-refractivity contribution in [1.82, 2.24) is 15.1 Å². The molecule has 0 aliphatic carbocycles. The number of carbonyl (C=O) groups is 1. The summed E-state index contributed by atoms with van der Waals surface area (Å²) in [6.07, 6.45) is 1.69. The van der Waals surface area contributed by atoms with Crippen LogP contribution in [0.2, 0.25) is 0 Å². The van der Waals surface area contributed by atoms with E-state index >= 15 is 0 Å². The van der Waals surface area contributed by atoms with E-state index in [1.807, 2.05) is 50.2 Å². The fourth-order valence-corrected chi connectivity index (χ4v) is 6.09. The molecule has 2 heterocycles. The van der Waals surface area contributed by atoms with Crippen LogP contribution in [-0.4, -0.2) is 50.6 Å². The van der Waals surface area contributed by atoms with E-state index in [0.29, 0.717) is 35.7 Å². The topological polar surface area (TPSA) is 165 Å². The number of nitriles is 1. The molecule has 4 aromatic carbocycles. The van der Waals surface area contributed by atoms with Crippen LogP contribution in [0.15, 0.2) is 77.2 Å². The quantitative estimate of drug-likeness (QED) is 0.0848. The second kappa shape index (κ2) is 15.1. The number of nitro groups is 1. The van der Waals surface area contributed by atoms with Gasteiger partial charge in [0, 0.05) is 36.3 Å². The maximum atomic E-state index is 12.0. The number of aromatic nitrogens is 2. The molecule has 254 valence electrons. The molecule has 1 aliphatic heterocycles. The first kappa shape index (κ1) is 34.0. The minimum Gasteiger partial charge on any atom is -0.488 e. The van der Waals surface area contributed by atoms with Gasteiger partial charge in [-0.2, -0.15) is 5.26 Å². The van der Waals surface area contributed by atoms with Gasteiger partial charge in [-0.3, -0.25) is 19.8 Å². The minimum atomic E-state index is -0.602. The number of nitrogens with zero attached hydrogens (tertiary/aromatic N) is 5. The number of rotatable bonds is 12. The Morgan fingerprint density at radius 1 is 0.940 bits per heavy atom. The number of hydrogen-bond acceptors (Lipinski definition) is 11. The van der Waals surface area contributed by atoms with E-state index in [4.69, 9.17) is 13.9 Å². The lowest BCUT2D eigenvalue weighted by Gasteiger charge is -2.27. The lowest BCUT2D eigenvalue weighted by Crippen LogP contribution is -2.35. The van der Waals surface area contributed by atoms with Gasteiger partial charge in [-0.1, -0.05) is 48.5 Å². The highest BCUT2D eigenvalue weighted by Crippen LogP contribution is 2.37. The van der Waals surface area contributed by atoms with Crippen LogP contribution in [0.1, 0.15) is 56.9 Å². The lowest BCUT2D eigenvalue weighted by atomic mass is 9.91. The molecule has 0 unspecified atom stereocenters. The van der Waals surface area contributed by atoms with Crippen LogP contribution in [-0.2, 0) is 19.8 Å². The monoisotopic (exact) mass is 673 g/mol. The van der Waals surface area contributed by atoms with Crippen LogP contribution in [0.25, 0.3) is 22.6 Å². The molecule has 1 fully saturated rings. The van der Waals surface area contributed by atoms with Crippen LogP contribution in [0.3, 0.4) is 0 Å². The number of aliphatic hydroxyl groups excluding tert-OH is 1. The van der Waals surface area contributed by atoms with Crippen LogP contribution in [0.4, 0.5) is 5.69 Å². The van der Waals surface area contributed by atoms with Crippen molar-refractivity contribution in [1.29, 1.82) is 5.26 Å². The summed E-state index contributed by atoms with van der Waals surface area (Å²) >= 11 is 0. The Kier molecular flexibility index (Phi) is 10.3. The molecule has 0 spiro atoms. The Labute approximate surface area is 288 Å². The van der Waals surface area contributed by atoms with E-state index in [1.54, 1.807) is 24.3 Å².